The van der Waals surface area contributed by atoms with Crippen LogP contribution in [-0.4, -0.2) is 24.0 Å². The fourth-order valence-electron chi connectivity index (χ4n) is 2.13. The number of methoxy groups -OCH3 is 1. The van der Waals surface area contributed by atoms with E-state index in [4.69, 9.17) is 26.4 Å². The molecule has 8 heteroatoms. The largest absolute Gasteiger partial charge is 0.497 e. The quantitative estimate of drug-likeness (QED) is 0.495. The summed E-state index contributed by atoms with van der Waals surface area (Å²) >= 11 is 0. The van der Waals surface area contributed by atoms with E-state index in [1.807, 2.05) is 24.3 Å². The van der Waals surface area contributed by atoms with Crippen LogP contribution in [0.5, 0.6) is 5.75 Å². The lowest BCUT2D eigenvalue weighted by atomic mass is 10.2. The van der Waals surface area contributed by atoms with Gasteiger partial charge < -0.3 is 26.4 Å². The number of aliphatic imine (C=N–C) groups is 2. The van der Waals surface area contributed by atoms with Gasteiger partial charge in [0.1, 0.15) is 11.3 Å². The van der Waals surface area contributed by atoms with Gasteiger partial charge >= 0.3 is 0 Å². The molecule has 122 valence electrons. The summed E-state index contributed by atoms with van der Waals surface area (Å²) in [5.41, 5.74) is 18.8. The van der Waals surface area contributed by atoms with Crippen LogP contribution in [0.2, 0.25) is 0 Å². The summed E-state index contributed by atoms with van der Waals surface area (Å²) in [5, 5.41) is 0. The number of nitrogens with two attached hydrogens (primary N) is 3. The molecule has 3 rings (SSSR count). The van der Waals surface area contributed by atoms with Crippen molar-refractivity contribution in [2.75, 3.05) is 7.11 Å². The maximum atomic E-state index is 5.75. The second-order valence-corrected chi connectivity index (χ2v) is 4.91. The molecule has 0 atom stereocenters. The van der Waals surface area contributed by atoms with Crippen molar-refractivity contribution in [1.82, 2.24) is 4.98 Å². The number of hydrogen-bond acceptors (Lipinski definition) is 4. The lowest BCUT2D eigenvalue weighted by Gasteiger charge is -1.99. The van der Waals surface area contributed by atoms with Crippen molar-refractivity contribution >= 4 is 28.7 Å². The molecular weight excluding hydrogens is 308 g/mol. The van der Waals surface area contributed by atoms with Crippen molar-refractivity contribution in [3.8, 4) is 17.2 Å². The minimum Gasteiger partial charge on any atom is -0.497 e. The van der Waals surface area contributed by atoms with Gasteiger partial charge in [-0.15, -0.1) is 0 Å². The van der Waals surface area contributed by atoms with Gasteiger partial charge in [0.2, 0.25) is 11.9 Å². The van der Waals surface area contributed by atoms with Gasteiger partial charge in [0, 0.05) is 5.56 Å². The van der Waals surface area contributed by atoms with Crippen molar-refractivity contribution in [2.45, 2.75) is 0 Å². The molecule has 6 N–H and O–H groups in total. The Kier molecular flexibility index (Phi) is 4.02. The van der Waals surface area contributed by atoms with Crippen molar-refractivity contribution < 1.29 is 9.15 Å². The number of hydrogen-bond donors (Lipinski definition) is 3. The fourth-order valence-corrected chi connectivity index (χ4v) is 2.13. The molecule has 0 radical (unpaired) electrons. The summed E-state index contributed by atoms with van der Waals surface area (Å²) in [5.74, 6) is 1.08. The Labute approximate surface area is 137 Å². The van der Waals surface area contributed by atoms with Gasteiger partial charge in [-0.05, 0) is 42.5 Å². The molecule has 2 aromatic carbocycles. The first kappa shape index (κ1) is 15.3. The van der Waals surface area contributed by atoms with E-state index in [-0.39, 0.29) is 11.9 Å². The minimum atomic E-state index is -0.152. The molecular formula is C16H16N6O2. The van der Waals surface area contributed by atoms with Gasteiger partial charge in [-0.3, -0.25) is 0 Å². The van der Waals surface area contributed by atoms with E-state index < -0.39 is 0 Å². The first-order valence-corrected chi connectivity index (χ1v) is 7.04. The average Bonchev–Trinajstić information content (AvgIpc) is 2.97. The molecule has 0 saturated heterocycles. The average molecular weight is 324 g/mol. The second kappa shape index (κ2) is 6.29. The molecule has 0 spiro atoms. The topological polar surface area (TPSA) is 138 Å². The molecule has 0 unspecified atom stereocenters. The zero-order valence-corrected chi connectivity index (χ0v) is 12.9. The van der Waals surface area contributed by atoms with Gasteiger partial charge in [-0.2, -0.15) is 4.99 Å². The van der Waals surface area contributed by atoms with Crippen molar-refractivity contribution in [3.05, 3.63) is 42.5 Å². The van der Waals surface area contributed by atoms with E-state index in [9.17, 15) is 0 Å². The highest BCUT2D eigenvalue weighted by Gasteiger charge is 2.09. The van der Waals surface area contributed by atoms with Crippen LogP contribution in [0, 0.1) is 0 Å². The van der Waals surface area contributed by atoms with E-state index in [1.54, 1.807) is 25.3 Å². The maximum absolute atomic E-state index is 5.75. The van der Waals surface area contributed by atoms with Crippen LogP contribution in [0.15, 0.2) is 56.9 Å². The highest BCUT2D eigenvalue weighted by Crippen LogP contribution is 2.28. The maximum Gasteiger partial charge on any atom is 0.227 e. The van der Waals surface area contributed by atoms with Gasteiger partial charge in [0.05, 0.1) is 12.8 Å². The van der Waals surface area contributed by atoms with Crippen LogP contribution in [0.4, 0.5) is 5.69 Å². The molecule has 0 aliphatic carbocycles. The Hall–Kier alpha value is -3.55. The Morgan fingerprint density at radius 1 is 1.08 bits per heavy atom. The molecule has 0 aliphatic heterocycles. The fraction of sp³-hybridized carbons (Fsp3) is 0.0625. The van der Waals surface area contributed by atoms with E-state index in [0.29, 0.717) is 22.7 Å². The Morgan fingerprint density at radius 3 is 2.50 bits per heavy atom. The van der Waals surface area contributed by atoms with Gasteiger partial charge in [-0.1, -0.05) is 0 Å². The molecule has 8 nitrogen and oxygen atoms in total. The SMILES string of the molecule is COc1ccc(-c2nc3cc(N=C(N)N=C(N)N)ccc3o2)cc1. The van der Waals surface area contributed by atoms with Crippen molar-refractivity contribution in [3.63, 3.8) is 0 Å². The predicted octanol–water partition coefficient (Wildman–Crippen LogP) is 1.72. The Morgan fingerprint density at radius 2 is 1.83 bits per heavy atom. The number of oxazole rings is 1. The zero-order chi connectivity index (χ0) is 17.1. The molecule has 0 bridgehead atoms. The molecule has 1 heterocycles. The summed E-state index contributed by atoms with van der Waals surface area (Å²) in [7, 11) is 1.62. The van der Waals surface area contributed by atoms with Crippen LogP contribution in [0.3, 0.4) is 0 Å². The minimum absolute atomic E-state index is 0.0341. The lowest BCUT2D eigenvalue weighted by Crippen LogP contribution is -2.26. The van der Waals surface area contributed by atoms with Crippen molar-refractivity contribution in [2.24, 2.45) is 27.2 Å². The van der Waals surface area contributed by atoms with E-state index in [1.165, 1.54) is 0 Å². The molecule has 24 heavy (non-hydrogen) atoms. The van der Waals surface area contributed by atoms with Crippen LogP contribution in [0.1, 0.15) is 0 Å². The molecule has 3 aromatic rings. The normalized spacial score (nSPS) is 11.5. The number of benzene rings is 2. The summed E-state index contributed by atoms with van der Waals surface area (Å²) in [6.45, 7) is 0. The van der Waals surface area contributed by atoms with Gasteiger partial charge in [0.15, 0.2) is 11.5 Å². The van der Waals surface area contributed by atoms with E-state index in [0.717, 1.165) is 11.3 Å². The number of rotatable bonds is 3. The number of guanidine groups is 2. The number of fused-ring (bicyclic) bond motifs is 1. The Balaban J connectivity index is 1.95. The molecule has 0 fully saturated rings. The molecule has 0 amide bonds. The van der Waals surface area contributed by atoms with E-state index >= 15 is 0 Å². The second-order valence-electron chi connectivity index (χ2n) is 4.91. The number of ether oxygens (including phenoxy) is 1. The van der Waals surface area contributed by atoms with Crippen LogP contribution < -0.4 is 21.9 Å². The summed E-state index contributed by atoms with van der Waals surface area (Å²) in [4.78, 5) is 12.2. The third-order valence-electron chi connectivity index (χ3n) is 3.20. The zero-order valence-electron chi connectivity index (χ0n) is 12.9. The third kappa shape index (κ3) is 3.27. The molecule has 0 saturated carbocycles. The Bertz CT molecular complexity index is 923. The summed E-state index contributed by atoms with van der Waals surface area (Å²) in [6.07, 6.45) is 0. The highest BCUT2D eigenvalue weighted by atomic mass is 16.5. The lowest BCUT2D eigenvalue weighted by molar-refractivity contribution is 0.415. The first-order chi connectivity index (χ1) is 11.5. The van der Waals surface area contributed by atoms with Gasteiger partial charge in [-0.25, -0.2) is 9.98 Å². The first-order valence-electron chi connectivity index (χ1n) is 7.04. The highest BCUT2D eigenvalue weighted by molar-refractivity contribution is 5.94. The van der Waals surface area contributed by atoms with E-state index in [2.05, 4.69) is 15.0 Å². The van der Waals surface area contributed by atoms with Crippen LogP contribution >= 0.6 is 0 Å². The summed E-state index contributed by atoms with van der Waals surface area (Å²) in [6, 6.07) is 12.7. The molecule has 1 aromatic heterocycles. The predicted molar refractivity (Wildman–Crippen MR) is 93.1 cm³/mol. The van der Waals surface area contributed by atoms with Crippen LogP contribution in [0.25, 0.3) is 22.6 Å². The van der Waals surface area contributed by atoms with Crippen LogP contribution in [-0.2, 0) is 0 Å². The van der Waals surface area contributed by atoms with Gasteiger partial charge in [0.25, 0.3) is 0 Å². The summed E-state index contributed by atoms with van der Waals surface area (Å²) < 4.78 is 10.9. The monoisotopic (exact) mass is 324 g/mol. The smallest absolute Gasteiger partial charge is 0.227 e. The standard InChI is InChI=1S/C16H16N6O2/c1-23-11-5-2-9(3-6-11)14-21-12-8-10(4-7-13(12)24-14)20-16(19)22-15(17)18/h2-8H,1H3,(H6,17,18,19,20,22). The molecule has 0 aliphatic rings. The third-order valence-corrected chi connectivity index (χ3v) is 3.20. The number of nitrogens with zero attached hydrogens (tertiary/aromatic N) is 3. The number of aromatic nitrogens is 1. The van der Waals surface area contributed by atoms with Crippen molar-refractivity contribution in [1.29, 1.82) is 0 Å².